The topological polar surface area (TPSA) is 211 Å². The average Bonchev–Trinajstić information content (AvgIpc) is 4.34. The van der Waals surface area contributed by atoms with E-state index in [0.717, 1.165) is 44.1 Å². The molecule has 6 N–H and O–H groups in total. The molecule has 2 aliphatic heterocycles. The fourth-order valence-corrected chi connectivity index (χ4v) is 9.93. The molecule has 18 heteroatoms. The van der Waals surface area contributed by atoms with Gasteiger partial charge in [0, 0.05) is 61.9 Å². The third-order valence-corrected chi connectivity index (χ3v) is 14.2. The number of hydrogen-bond donors (Lipinski definition) is 6. The first kappa shape index (κ1) is 59.4. The molecular weight excluding hydrogens is 1020 g/mol. The second-order valence-corrected chi connectivity index (χ2v) is 21.4. The predicted octanol–water partition coefficient (Wildman–Crippen LogP) is 7.17. The molecule has 0 spiro atoms. The third-order valence-electron chi connectivity index (χ3n) is 13.2. The van der Waals surface area contributed by atoms with Crippen molar-refractivity contribution in [1.29, 1.82) is 0 Å². The number of hydrogen-bond acceptors (Lipinski definition) is 13. The Morgan fingerprint density at radius 2 is 1.48 bits per heavy atom. The number of nitrogens with zero attached hydrogens (tertiary/aromatic N) is 2. The standard InChI is InChI=1S/C61H74N8O9S/c1-7-63-52(70)24-18-43-17-23-49-50(36-43)67-59(73)54(49)55(46-11-9-8-10-12-46)66-48-21-15-44(16-22-48)37-62-26-28-76-30-32-78-34-33-77-31-29-75-27-25-53(71)68-57(61(4,5)6)60(74)69-39-41(2)35-51(69)58(72)64-38-45-13-19-47(20-14-45)56-42(3)65-40-79-56/h8-17,19-23,36,40-41,51,57,62,66H,7,25-35,37-39H2,1-6H3,(H,63,70)(H,64,72)(H,67,73)(H,68,71)/b55-54-/t41?,51-,57+/m0/s1. The number of ether oxygens (including phenoxy) is 4. The van der Waals surface area contributed by atoms with Gasteiger partial charge in [0.05, 0.1) is 85.9 Å². The molecule has 0 bridgehead atoms. The van der Waals surface area contributed by atoms with E-state index < -0.39 is 17.5 Å². The zero-order valence-electron chi connectivity index (χ0n) is 46.1. The number of anilines is 2. The summed E-state index contributed by atoms with van der Waals surface area (Å²) in [6, 6.07) is 29.8. The molecule has 79 heavy (non-hydrogen) atoms. The molecule has 0 saturated carbocycles. The van der Waals surface area contributed by atoms with Gasteiger partial charge in [0.25, 0.3) is 11.8 Å². The molecule has 1 unspecified atom stereocenters. The molecule has 418 valence electrons. The third kappa shape index (κ3) is 17.6. The summed E-state index contributed by atoms with van der Waals surface area (Å²) in [5.41, 5.74) is 10.2. The first-order chi connectivity index (χ1) is 38.2. The Morgan fingerprint density at radius 1 is 0.823 bits per heavy atom. The van der Waals surface area contributed by atoms with Gasteiger partial charge < -0.3 is 55.7 Å². The number of carbonyl (C=O) groups excluding carboxylic acids is 5. The minimum Gasteiger partial charge on any atom is -0.379 e. The smallest absolute Gasteiger partial charge is 0.296 e. The Kier molecular flexibility index (Phi) is 22.3. The van der Waals surface area contributed by atoms with Gasteiger partial charge in [-0.25, -0.2) is 4.98 Å². The van der Waals surface area contributed by atoms with Crippen LogP contribution in [0.4, 0.5) is 11.4 Å². The normalized spacial score (nSPS) is 15.8. The number of thiazole rings is 1. The van der Waals surface area contributed by atoms with Crippen LogP contribution in [0.5, 0.6) is 0 Å². The fourth-order valence-electron chi connectivity index (χ4n) is 9.12. The van der Waals surface area contributed by atoms with Crippen molar-refractivity contribution >= 4 is 63.5 Å². The van der Waals surface area contributed by atoms with E-state index in [1.54, 1.807) is 28.4 Å². The molecule has 2 aliphatic rings. The molecule has 5 amide bonds. The lowest BCUT2D eigenvalue weighted by atomic mass is 9.85. The van der Waals surface area contributed by atoms with Crippen LogP contribution in [0, 0.1) is 30.1 Å². The van der Waals surface area contributed by atoms with Crippen LogP contribution >= 0.6 is 11.3 Å². The number of benzene rings is 4. The number of aromatic nitrogens is 1. The molecule has 3 atom stereocenters. The summed E-state index contributed by atoms with van der Waals surface area (Å²) in [7, 11) is 0. The fraction of sp³-hybridized carbons (Fsp3) is 0.410. The quantitative estimate of drug-likeness (QED) is 0.0176. The van der Waals surface area contributed by atoms with E-state index in [1.807, 2.05) is 132 Å². The van der Waals surface area contributed by atoms with Crippen LogP contribution in [-0.2, 0) is 56.0 Å². The maximum Gasteiger partial charge on any atom is 0.296 e. The SMILES string of the molecule is CCNC(=O)C#Cc1ccc2c(c1)NC(=O)/C2=C(\Nc1ccc(CNCCOCCOCCOCCOCCC(=O)N[C@H](C(=O)N2CC(C)C[C@H]2C(=O)NCc2ccc(-c3scnc3C)cc2)C(C)(C)C)cc1)c1ccccc1. The molecular formula is C61H74N8O9S. The molecule has 1 saturated heterocycles. The van der Waals surface area contributed by atoms with Crippen LogP contribution in [0.1, 0.15) is 81.0 Å². The average molecular weight is 1100 g/mol. The van der Waals surface area contributed by atoms with Crippen molar-refractivity contribution in [2.24, 2.45) is 11.3 Å². The van der Waals surface area contributed by atoms with Gasteiger partial charge in [-0.05, 0) is 78.1 Å². The molecule has 5 aromatic rings. The number of aryl methyl sites for hydroxylation is 1. The molecule has 0 aliphatic carbocycles. The van der Waals surface area contributed by atoms with Crippen molar-refractivity contribution in [3.05, 3.63) is 136 Å². The predicted molar refractivity (Wildman–Crippen MR) is 308 cm³/mol. The van der Waals surface area contributed by atoms with E-state index in [4.69, 9.17) is 18.9 Å². The van der Waals surface area contributed by atoms with Crippen molar-refractivity contribution in [2.45, 2.75) is 79.6 Å². The number of amides is 5. The lowest BCUT2D eigenvalue weighted by molar-refractivity contribution is -0.144. The van der Waals surface area contributed by atoms with Gasteiger partial charge >= 0.3 is 0 Å². The number of carbonyl (C=O) groups is 5. The minimum absolute atomic E-state index is 0.0735. The summed E-state index contributed by atoms with van der Waals surface area (Å²) >= 11 is 1.60. The van der Waals surface area contributed by atoms with Crippen LogP contribution < -0.4 is 31.9 Å². The van der Waals surface area contributed by atoms with Gasteiger partial charge in [-0.1, -0.05) is 106 Å². The molecule has 17 nitrogen and oxygen atoms in total. The summed E-state index contributed by atoms with van der Waals surface area (Å²) in [5, 5.41) is 18.5. The van der Waals surface area contributed by atoms with Crippen molar-refractivity contribution in [3.63, 3.8) is 0 Å². The van der Waals surface area contributed by atoms with Gasteiger partial charge in [0.1, 0.15) is 12.1 Å². The Labute approximate surface area is 468 Å². The first-order valence-electron chi connectivity index (χ1n) is 27.0. The van der Waals surface area contributed by atoms with Crippen molar-refractivity contribution in [1.82, 2.24) is 31.2 Å². The van der Waals surface area contributed by atoms with Crippen molar-refractivity contribution in [3.8, 4) is 22.3 Å². The highest BCUT2D eigenvalue weighted by Gasteiger charge is 2.44. The second-order valence-electron chi connectivity index (χ2n) is 20.5. The van der Waals surface area contributed by atoms with Crippen LogP contribution in [0.15, 0.2) is 103 Å². The molecule has 1 fully saturated rings. The van der Waals surface area contributed by atoms with Gasteiger partial charge in [0.15, 0.2) is 0 Å². The monoisotopic (exact) mass is 1090 g/mol. The second kappa shape index (κ2) is 29.7. The van der Waals surface area contributed by atoms with E-state index in [-0.39, 0.29) is 48.5 Å². The minimum atomic E-state index is -0.822. The van der Waals surface area contributed by atoms with Gasteiger partial charge in [-0.15, -0.1) is 11.3 Å². The number of fused-ring (bicyclic) bond motifs is 1. The first-order valence-corrected chi connectivity index (χ1v) is 27.9. The Bertz CT molecular complexity index is 2950. The highest BCUT2D eigenvalue weighted by Crippen LogP contribution is 2.38. The van der Waals surface area contributed by atoms with Gasteiger partial charge in [-0.2, -0.15) is 0 Å². The van der Waals surface area contributed by atoms with Gasteiger partial charge in [0.2, 0.25) is 17.7 Å². The number of nitrogens with one attached hydrogen (secondary N) is 6. The van der Waals surface area contributed by atoms with E-state index in [0.29, 0.717) is 108 Å². The largest absolute Gasteiger partial charge is 0.379 e. The van der Waals surface area contributed by atoms with Crippen LogP contribution in [0.2, 0.25) is 0 Å². The Morgan fingerprint density at radius 3 is 2.14 bits per heavy atom. The Balaban J connectivity index is 0.726. The van der Waals surface area contributed by atoms with E-state index in [1.165, 1.54) is 0 Å². The van der Waals surface area contributed by atoms with Crippen LogP contribution in [0.3, 0.4) is 0 Å². The Hall–Kier alpha value is -7.24. The molecule has 1 aromatic heterocycles. The summed E-state index contributed by atoms with van der Waals surface area (Å²) in [4.78, 5) is 73.2. The zero-order chi connectivity index (χ0) is 56.2. The highest BCUT2D eigenvalue weighted by molar-refractivity contribution is 7.13. The van der Waals surface area contributed by atoms with Crippen LogP contribution in [0.25, 0.3) is 21.7 Å². The zero-order valence-corrected chi connectivity index (χ0v) is 46.9. The molecule has 7 rings (SSSR count). The lowest BCUT2D eigenvalue weighted by Crippen LogP contribution is -2.57. The lowest BCUT2D eigenvalue weighted by Gasteiger charge is -2.35. The van der Waals surface area contributed by atoms with Gasteiger partial charge in [-0.3, -0.25) is 24.0 Å². The number of likely N-dealkylation sites (tertiary alicyclic amines) is 1. The molecule has 3 heterocycles. The highest BCUT2D eigenvalue weighted by atomic mass is 32.1. The van der Waals surface area contributed by atoms with E-state index in [2.05, 4.69) is 48.7 Å². The van der Waals surface area contributed by atoms with Crippen molar-refractivity contribution in [2.75, 3.05) is 83.1 Å². The summed E-state index contributed by atoms with van der Waals surface area (Å²) < 4.78 is 22.7. The summed E-state index contributed by atoms with van der Waals surface area (Å²) in [6.45, 7) is 17.1. The molecule has 0 radical (unpaired) electrons. The van der Waals surface area contributed by atoms with E-state index in [9.17, 15) is 24.0 Å². The summed E-state index contributed by atoms with van der Waals surface area (Å²) in [6.07, 6.45) is 0.620. The van der Waals surface area contributed by atoms with Crippen molar-refractivity contribution < 1.29 is 42.9 Å². The van der Waals surface area contributed by atoms with Crippen LogP contribution in [-0.4, -0.2) is 124 Å². The number of rotatable bonds is 27. The molecule has 4 aromatic carbocycles. The maximum absolute atomic E-state index is 14.1. The maximum atomic E-state index is 14.1. The summed E-state index contributed by atoms with van der Waals surface area (Å²) in [5.74, 6) is 4.22. The van der Waals surface area contributed by atoms with E-state index >= 15 is 0 Å².